The van der Waals surface area contributed by atoms with E-state index in [0.717, 1.165) is 26.3 Å². The Kier molecular flexibility index (Phi) is 6.72. The Labute approximate surface area is 131 Å². The molecule has 122 valence electrons. The van der Waals surface area contributed by atoms with Crippen molar-refractivity contribution >= 4 is 0 Å². The van der Waals surface area contributed by atoms with E-state index in [1.165, 1.54) is 44.9 Å². The molecule has 2 unspecified atom stereocenters. The van der Waals surface area contributed by atoms with Gasteiger partial charge in [0.25, 0.3) is 0 Å². The van der Waals surface area contributed by atoms with E-state index in [9.17, 15) is 0 Å². The van der Waals surface area contributed by atoms with Crippen molar-refractivity contribution in [3.63, 3.8) is 0 Å². The van der Waals surface area contributed by atoms with Crippen molar-refractivity contribution in [1.29, 1.82) is 0 Å². The minimum absolute atomic E-state index is 0.198. The van der Waals surface area contributed by atoms with Crippen LogP contribution in [0.5, 0.6) is 0 Å². The molecule has 1 heterocycles. The molecule has 0 aromatic rings. The van der Waals surface area contributed by atoms with Crippen LogP contribution in [0.25, 0.3) is 0 Å². The van der Waals surface area contributed by atoms with Crippen LogP contribution in [0.2, 0.25) is 0 Å². The molecule has 0 aromatic heterocycles. The molecule has 2 aliphatic rings. The molecule has 2 rings (SSSR count). The minimum atomic E-state index is 0.198. The maximum atomic E-state index is 5.56. The second-order valence-electron chi connectivity index (χ2n) is 6.76. The van der Waals surface area contributed by atoms with E-state index >= 15 is 0 Å². The molecule has 21 heavy (non-hydrogen) atoms. The normalized spacial score (nSPS) is 26.3. The molecule has 0 aromatic carbocycles. The molecule has 2 atom stereocenters. The van der Waals surface area contributed by atoms with E-state index in [-0.39, 0.29) is 5.54 Å². The number of rotatable bonds is 5. The Bertz CT molecular complexity index is 336. The molecule has 3 nitrogen and oxygen atoms in total. The fraction of sp³-hybridized carbons (Fsp3) is 0.889. The molecular weight excluding hydrogens is 260 g/mol. The minimum Gasteiger partial charge on any atom is -0.379 e. The van der Waals surface area contributed by atoms with Gasteiger partial charge in [-0.1, -0.05) is 31.4 Å². The van der Waals surface area contributed by atoms with Crippen LogP contribution in [0, 0.1) is 0 Å². The quantitative estimate of drug-likeness (QED) is 0.787. The zero-order valence-electron chi connectivity index (χ0n) is 14.3. The molecule has 1 saturated heterocycles. The lowest BCUT2D eigenvalue weighted by Gasteiger charge is -2.48. The van der Waals surface area contributed by atoms with Gasteiger partial charge in [0.15, 0.2) is 0 Å². The van der Waals surface area contributed by atoms with Gasteiger partial charge in [0, 0.05) is 24.7 Å². The molecule has 0 amide bonds. The van der Waals surface area contributed by atoms with Crippen LogP contribution in [0.15, 0.2) is 11.6 Å². The third-order valence-electron chi connectivity index (χ3n) is 5.56. The number of ether oxygens (including phenoxy) is 1. The standard InChI is InChI=1S/C18H34N2O/c1-4-18(2,20-12-14-21-15-13-20)17(19-3)16-10-8-6-5-7-9-11-16/h10,17,19H,4-9,11-15H2,1-3H3. The summed E-state index contributed by atoms with van der Waals surface area (Å²) in [7, 11) is 2.14. The predicted molar refractivity (Wildman–Crippen MR) is 89.7 cm³/mol. The number of nitrogens with one attached hydrogen (secondary N) is 1. The molecule has 1 fully saturated rings. The Morgan fingerprint density at radius 2 is 1.95 bits per heavy atom. The summed E-state index contributed by atoms with van der Waals surface area (Å²) < 4.78 is 5.56. The maximum absolute atomic E-state index is 5.56. The first kappa shape index (κ1) is 17.0. The molecule has 1 aliphatic heterocycles. The van der Waals surface area contributed by atoms with Crippen LogP contribution < -0.4 is 5.32 Å². The van der Waals surface area contributed by atoms with Crippen LogP contribution in [0.1, 0.15) is 58.8 Å². The van der Waals surface area contributed by atoms with E-state index in [1.54, 1.807) is 5.57 Å². The molecular formula is C18H34N2O. The summed E-state index contributed by atoms with van der Waals surface area (Å²) in [5, 5.41) is 3.66. The van der Waals surface area contributed by atoms with Gasteiger partial charge in [0.05, 0.1) is 13.2 Å². The van der Waals surface area contributed by atoms with E-state index in [0.29, 0.717) is 6.04 Å². The largest absolute Gasteiger partial charge is 0.379 e. The first-order valence-electron chi connectivity index (χ1n) is 8.91. The van der Waals surface area contributed by atoms with E-state index in [4.69, 9.17) is 4.74 Å². The monoisotopic (exact) mass is 294 g/mol. The second kappa shape index (κ2) is 8.30. The van der Waals surface area contributed by atoms with Crippen molar-refractivity contribution in [2.45, 2.75) is 70.4 Å². The number of likely N-dealkylation sites (N-methyl/N-ethyl adjacent to an activating group) is 1. The summed E-state index contributed by atoms with van der Waals surface area (Å²) in [6.07, 6.45) is 11.8. The van der Waals surface area contributed by atoms with Crippen LogP contribution >= 0.6 is 0 Å². The molecule has 1 N–H and O–H groups in total. The Balaban J connectivity index is 2.18. The Morgan fingerprint density at radius 1 is 1.24 bits per heavy atom. The van der Waals surface area contributed by atoms with Gasteiger partial charge in [-0.25, -0.2) is 0 Å². The lowest BCUT2D eigenvalue weighted by atomic mass is 9.79. The zero-order valence-corrected chi connectivity index (χ0v) is 14.3. The van der Waals surface area contributed by atoms with Gasteiger partial charge in [-0.05, 0) is 46.1 Å². The highest BCUT2D eigenvalue weighted by Crippen LogP contribution is 2.32. The van der Waals surface area contributed by atoms with Crippen molar-refractivity contribution in [1.82, 2.24) is 10.2 Å². The van der Waals surface area contributed by atoms with Crippen molar-refractivity contribution in [2.75, 3.05) is 33.4 Å². The molecule has 1 aliphatic carbocycles. The summed E-state index contributed by atoms with van der Waals surface area (Å²) in [6.45, 7) is 8.67. The van der Waals surface area contributed by atoms with Crippen molar-refractivity contribution in [3.05, 3.63) is 11.6 Å². The Hall–Kier alpha value is -0.380. The highest BCUT2D eigenvalue weighted by Gasteiger charge is 2.39. The first-order valence-corrected chi connectivity index (χ1v) is 8.91. The van der Waals surface area contributed by atoms with Gasteiger partial charge in [0.2, 0.25) is 0 Å². The lowest BCUT2D eigenvalue weighted by Crippen LogP contribution is -2.61. The first-order chi connectivity index (χ1) is 10.2. The van der Waals surface area contributed by atoms with Crippen LogP contribution in [0.3, 0.4) is 0 Å². The Morgan fingerprint density at radius 3 is 2.62 bits per heavy atom. The van der Waals surface area contributed by atoms with E-state index < -0.39 is 0 Å². The smallest absolute Gasteiger partial charge is 0.0594 e. The highest BCUT2D eigenvalue weighted by molar-refractivity contribution is 5.19. The number of hydrogen-bond acceptors (Lipinski definition) is 3. The van der Waals surface area contributed by atoms with Crippen molar-refractivity contribution < 1.29 is 4.74 Å². The van der Waals surface area contributed by atoms with Crippen molar-refractivity contribution in [2.24, 2.45) is 0 Å². The summed E-state index contributed by atoms with van der Waals surface area (Å²) in [5.74, 6) is 0. The van der Waals surface area contributed by atoms with E-state index in [2.05, 4.69) is 37.2 Å². The van der Waals surface area contributed by atoms with Gasteiger partial charge >= 0.3 is 0 Å². The van der Waals surface area contributed by atoms with Gasteiger partial charge in [-0.15, -0.1) is 0 Å². The SMILES string of the molecule is CCC(C)(C(NC)C1=CCCCCCC1)N1CCOCC1. The summed E-state index contributed by atoms with van der Waals surface area (Å²) in [4.78, 5) is 2.65. The van der Waals surface area contributed by atoms with E-state index in [1.807, 2.05) is 0 Å². The third kappa shape index (κ3) is 4.08. The van der Waals surface area contributed by atoms with Gasteiger partial charge in [-0.3, -0.25) is 4.90 Å². The maximum Gasteiger partial charge on any atom is 0.0594 e. The molecule has 0 spiro atoms. The van der Waals surface area contributed by atoms with Gasteiger partial charge in [0.1, 0.15) is 0 Å². The zero-order chi connectivity index (χ0) is 15.1. The molecule has 0 bridgehead atoms. The average Bonchev–Trinajstić information content (AvgIpc) is 2.50. The third-order valence-corrected chi connectivity index (χ3v) is 5.56. The molecule has 0 radical (unpaired) electrons. The number of allylic oxidation sites excluding steroid dienone is 1. The van der Waals surface area contributed by atoms with Crippen LogP contribution in [-0.4, -0.2) is 49.8 Å². The van der Waals surface area contributed by atoms with Gasteiger partial charge in [-0.2, -0.15) is 0 Å². The molecule has 0 saturated carbocycles. The number of morpholine rings is 1. The number of nitrogens with zero attached hydrogens (tertiary/aromatic N) is 1. The van der Waals surface area contributed by atoms with Gasteiger partial charge < -0.3 is 10.1 Å². The van der Waals surface area contributed by atoms with Crippen molar-refractivity contribution in [3.8, 4) is 0 Å². The fourth-order valence-electron chi connectivity index (χ4n) is 4.06. The highest BCUT2D eigenvalue weighted by atomic mass is 16.5. The van der Waals surface area contributed by atoms with Crippen LogP contribution in [-0.2, 0) is 4.74 Å². The topological polar surface area (TPSA) is 24.5 Å². The summed E-state index contributed by atoms with van der Waals surface area (Å²) >= 11 is 0. The number of hydrogen-bond donors (Lipinski definition) is 1. The lowest BCUT2D eigenvalue weighted by molar-refractivity contribution is -0.0271. The average molecular weight is 294 g/mol. The second-order valence-corrected chi connectivity index (χ2v) is 6.76. The summed E-state index contributed by atoms with van der Waals surface area (Å²) in [5.41, 5.74) is 1.84. The van der Waals surface area contributed by atoms with Crippen LogP contribution in [0.4, 0.5) is 0 Å². The molecule has 3 heteroatoms. The fourth-order valence-corrected chi connectivity index (χ4v) is 4.06. The summed E-state index contributed by atoms with van der Waals surface area (Å²) in [6, 6.07) is 0.471. The predicted octanol–water partition coefficient (Wildman–Crippen LogP) is 3.36.